The Labute approximate surface area is 115 Å². The molecule has 0 saturated carbocycles. The fourth-order valence-corrected chi connectivity index (χ4v) is 1.55. The van der Waals surface area contributed by atoms with Gasteiger partial charge in [-0.05, 0) is 30.7 Å². The minimum atomic E-state index is -4.32. The van der Waals surface area contributed by atoms with Gasteiger partial charge >= 0.3 is 6.18 Å². The maximum atomic E-state index is 11.8. The number of methoxy groups -OCH3 is 1. The molecule has 0 unspecified atom stereocenters. The van der Waals surface area contributed by atoms with Crippen LogP contribution in [-0.2, 0) is 11.2 Å². The number of benzene rings is 1. The van der Waals surface area contributed by atoms with E-state index in [1.807, 2.05) is 6.07 Å². The van der Waals surface area contributed by atoms with Gasteiger partial charge in [0.05, 0.1) is 13.7 Å². The van der Waals surface area contributed by atoms with E-state index in [0.29, 0.717) is 24.5 Å². The van der Waals surface area contributed by atoms with Crippen LogP contribution in [0.2, 0.25) is 0 Å². The first-order valence-corrected chi connectivity index (χ1v) is 6.10. The molecule has 1 aromatic rings. The van der Waals surface area contributed by atoms with Gasteiger partial charge in [-0.15, -0.1) is 0 Å². The molecule has 20 heavy (non-hydrogen) atoms. The third-order valence-corrected chi connectivity index (χ3v) is 2.41. The topological polar surface area (TPSA) is 53.7 Å². The molecule has 0 spiro atoms. The summed E-state index contributed by atoms with van der Waals surface area (Å²) < 4.78 is 50.5. The van der Waals surface area contributed by atoms with Crippen LogP contribution < -0.4 is 15.2 Å². The summed E-state index contributed by atoms with van der Waals surface area (Å²) in [6.45, 7) is -0.881. The summed E-state index contributed by atoms with van der Waals surface area (Å²) in [6, 6.07) is 5.33. The number of alkyl halides is 3. The van der Waals surface area contributed by atoms with Gasteiger partial charge in [0.2, 0.25) is 0 Å². The molecule has 0 aliphatic heterocycles. The molecule has 0 heterocycles. The zero-order valence-corrected chi connectivity index (χ0v) is 11.2. The van der Waals surface area contributed by atoms with E-state index in [2.05, 4.69) is 4.74 Å². The SMILES string of the molecule is COc1cc(CCN)ccc1OCCOCC(F)(F)F. The molecule has 114 valence electrons. The van der Waals surface area contributed by atoms with Gasteiger partial charge in [-0.3, -0.25) is 0 Å². The van der Waals surface area contributed by atoms with Crippen LogP contribution >= 0.6 is 0 Å². The van der Waals surface area contributed by atoms with Crippen molar-refractivity contribution in [3.05, 3.63) is 23.8 Å². The number of rotatable bonds is 8. The highest BCUT2D eigenvalue weighted by atomic mass is 19.4. The van der Waals surface area contributed by atoms with Gasteiger partial charge in [0, 0.05) is 0 Å². The van der Waals surface area contributed by atoms with E-state index in [-0.39, 0.29) is 13.2 Å². The van der Waals surface area contributed by atoms with Crippen LogP contribution in [0.15, 0.2) is 18.2 Å². The van der Waals surface area contributed by atoms with Crippen LogP contribution in [0.4, 0.5) is 13.2 Å². The van der Waals surface area contributed by atoms with E-state index in [1.165, 1.54) is 7.11 Å². The van der Waals surface area contributed by atoms with Gasteiger partial charge < -0.3 is 19.9 Å². The monoisotopic (exact) mass is 293 g/mol. The van der Waals surface area contributed by atoms with E-state index >= 15 is 0 Å². The van der Waals surface area contributed by atoms with Crippen molar-refractivity contribution in [3.8, 4) is 11.5 Å². The van der Waals surface area contributed by atoms with E-state index in [1.54, 1.807) is 12.1 Å². The lowest BCUT2D eigenvalue weighted by atomic mass is 10.1. The summed E-state index contributed by atoms with van der Waals surface area (Å²) in [5.41, 5.74) is 6.46. The molecular weight excluding hydrogens is 275 g/mol. The van der Waals surface area contributed by atoms with Gasteiger partial charge in [-0.25, -0.2) is 0 Å². The standard InChI is InChI=1S/C13H18F3NO3/c1-18-12-8-10(4-5-17)2-3-11(12)20-7-6-19-9-13(14,15)16/h2-3,8H,4-7,9,17H2,1H3. The Balaban J connectivity index is 2.43. The fraction of sp³-hybridized carbons (Fsp3) is 0.538. The minimum absolute atomic E-state index is 0.0165. The number of hydrogen-bond acceptors (Lipinski definition) is 4. The zero-order chi connectivity index (χ0) is 15.0. The molecule has 0 bridgehead atoms. The molecule has 0 fully saturated rings. The zero-order valence-electron chi connectivity index (χ0n) is 11.2. The van der Waals surface area contributed by atoms with Gasteiger partial charge in [0.15, 0.2) is 11.5 Å². The molecule has 0 atom stereocenters. The largest absolute Gasteiger partial charge is 0.493 e. The van der Waals surface area contributed by atoms with Crippen molar-refractivity contribution in [3.63, 3.8) is 0 Å². The Morgan fingerprint density at radius 1 is 1.15 bits per heavy atom. The predicted octanol–water partition coefficient (Wildman–Crippen LogP) is 2.15. The van der Waals surface area contributed by atoms with Gasteiger partial charge in [-0.2, -0.15) is 13.2 Å². The average molecular weight is 293 g/mol. The quantitative estimate of drug-likeness (QED) is 0.746. The van der Waals surface area contributed by atoms with Crippen molar-refractivity contribution in [1.29, 1.82) is 0 Å². The molecule has 1 aromatic carbocycles. The molecule has 0 aromatic heterocycles. The number of hydrogen-bond donors (Lipinski definition) is 1. The molecule has 0 aliphatic rings. The van der Waals surface area contributed by atoms with E-state index in [0.717, 1.165) is 5.56 Å². The first-order valence-electron chi connectivity index (χ1n) is 6.10. The lowest BCUT2D eigenvalue weighted by Gasteiger charge is -2.12. The first-order chi connectivity index (χ1) is 9.46. The Kier molecular flexibility index (Phi) is 6.60. The van der Waals surface area contributed by atoms with Crippen molar-refractivity contribution < 1.29 is 27.4 Å². The number of nitrogens with two attached hydrogens (primary N) is 1. The highest BCUT2D eigenvalue weighted by molar-refractivity contribution is 5.43. The minimum Gasteiger partial charge on any atom is -0.493 e. The molecule has 7 heteroatoms. The maximum Gasteiger partial charge on any atom is 0.411 e. The van der Waals surface area contributed by atoms with Crippen LogP contribution in [-0.4, -0.2) is 39.7 Å². The van der Waals surface area contributed by atoms with Crippen LogP contribution in [0.1, 0.15) is 5.56 Å². The van der Waals surface area contributed by atoms with Crippen molar-refractivity contribution in [1.82, 2.24) is 0 Å². The van der Waals surface area contributed by atoms with Crippen LogP contribution in [0.5, 0.6) is 11.5 Å². The molecule has 0 aliphatic carbocycles. The third-order valence-electron chi connectivity index (χ3n) is 2.41. The summed E-state index contributed by atoms with van der Waals surface area (Å²) in [7, 11) is 1.49. The molecule has 0 saturated heterocycles. The van der Waals surface area contributed by atoms with Crippen LogP contribution in [0, 0.1) is 0 Å². The Bertz CT molecular complexity index is 410. The second-order valence-electron chi connectivity index (χ2n) is 4.04. The van der Waals surface area contributed by atoms with Crippen molar-refractivity contribution in [2.45, 2.75) is 12.6 Å². The summed E-state index contributed by atoms with van der Waals surface area (Å²) >= 11 is 0. The number of halogens is 3. The van der Waals surface area contributed by atoms with Gasteiger partial charge in [-0.1, -0.05) is 6.07 Å². The van der Waals surface area contributed by atoms with Crippen LogP contribution in [0.25, 0.3) is 0 Å². The molecule has 1 rings (SSSR count). The maximum absolute atomic E-state index is 11.8. The molecule has 2 N–H and O–H groups in total. The van der Waals surface area contributed by atoms with E-state index in [9.17, 15) is 13.2 Å². The van der Waals surface area contributed by atoms with Crippen molar-refractivity contribution >= 4 is 0 Å². The smallest absolute Gasteiger partial charge is 0.411 e. The fourth-order valence-electron chi connectivity index (χ4n) is 1.55. The summed E-state index contributed by atoms with van der Waals surface area (Å²) in [5.74, 6) is 0.982. The summed E-state index contributed by atoms with van der Waals surface area (Å²) in [6.07, 6.45) is -3.60. The molecule has 0 radical (unpaired) electrons. The van der Waals surface area contributed by atoms with E-state index < -0.39 is 12.8 Å². The molecule has 0 amide bonds. The summed E-state index contributed by atoms with van der Waals surface area (Å²) in [5, 5.41) is 0. The highest BCUT2D eigenvalue weighted by Crippen LogP contribution is 2.28. The Morgan fingerprint density at radius 2 is 1.90 bits per heavy atom. The average Bonchev–Trinajstić information content (AvgIpc) is 2.38. The Morgan fingerprint density at radius 3 is 2.50 bits per heavy atom. The van der Waals surface area contributed by atoms with Crippen LogP contribution in [0.3, 0.4) is 0 Å². The first kappa shape index (κ1) is 16.6. The second kappa shape index (κ2) is 7.96. The van der Waals surface area contributed by atoms with Crippen molar-refractivity contribution in [2.24, 2.45) is 5.73 Å². The second-order valence-corrected chi connectivity index (χ2v) is 4.04. The lowest BCUT2D eigenvalue weighted by molar-refractivity contribution is -0.175. The van der Waals surface area contributed by atoms with Crippen molar-refractivity contribution in [2.75, 3.05) is 33.5 Å². The van der Waals surface area contributed by atoms with Gasteiger partial charge in [0.25, 0.3) is 0 Å². The Hall–Kier alpha value is -1.47. The normalized spacial score (nSPS) is 11.4. The van der Waals surface area contributed by atoms with Gasteiger partial charge in [0.1, 0.15) is 13.2 Å². The molecular formula is C13H18F3NO3. The highest BCUT2D eigenvalue weighted by Gasteiger charge is 2.27. The predicted molar refractivity (Wildman–Crippen MR) is 68.1 cm³/mol. The van der Waals surface area contributed by atoms with E-state index in [4.69, 9.17) is 15.2 Å². The molecule has 4 nitrogen and oxygen atoms in total. The third kappa shape index (κ3) is 6.12. The summed E-state index contributed by atoms with van der Waals surface area (Å²) in [4.78, 5) is 0. The number of ether oxygens (including phenoxy) is 3. The lowest BCUT2D eigenvalue weighted by Crippen LogP contribution is -2.19.